The smallest absolute Gasteiger partial charge is 0.0404 e. The van der Waals surface area contributed by atoms with Gasteiger partial charge in [-0.15, -0.1) is 0 Å². The SMILES string of the molecule is CC(C)Cc1cccc2c1CCN2C(C)C. The highest BCUT2D eigenvalue weighted by Gasteiger charge is 2.23. The van der Waals surface area contributed by atoms with Gasteiger partial charge in [-0.1, -0.05) is 26.0 Å². The van der Waals surface area contributed by atoms with Crippen LogP contribution in [0.3, 0.4) is 0 Å². The van der Waals surface area contributed by atoms with Gasteiger partial charge in [0.25, 0.3) is 0 Å². The maximum atomic E-state index is 2.53. The molecule has 0 bridgehead atoms. The zero-order chi connectivity index (χ0) is 11.7. The largest absolute Gasteiger partial charge is 0.369 e. The van der Waals surface area contributed by atoms with Crippen LogP contribution in [0, 0.1) is 5.92 Å². The highest BCUT2D eigenvalue weighted by atomic mass is 15.2. The van der Waals surface area contributed by atoms with Gasteiger partial charge in [-0.05, 0) is 49.8 Å². The summed E-state index contributed by atoms with van der Waals surface area (Å²) in [5.41, 5.74) is 4.65. The molecule has 88 valence electrons. The van der Waals surface area contributed by atoms with E-state index in [2.05, 4.69) is 50.8 Å². The van der Waals surface area contributed by atoms with Crippen LogP contribution in [0.5, 0.6) is 0 Å². The van der Waals surface area contributed by atoms with Gasteiger partial charge in [0.05, 0.1) is 0 Å². The molecule has 0 fully saturated rings. The molecule has 1 aromatic rings. The minimum Gasteiger partial charge on any atom is -0.369 e. The van der Waals surface area contributed by atoms with E-state index >= 15 is 0 Å². The van der Waals surface area contributed by atoms with Crippen LogP contribution in [0.2, 0.25) is 0 Å². The van der Waals surface area contributed by atoms with E-state index in [9.17, 15) is 0 Å². The Morgan fingerprint density at radius 1 is 1.19 bits per heavy atom. The fourth-order valence-electron chi connectivity index (χ4n) is 2.70. The standard InChI is InChI=1S/C15H23N/c1-11(2)10-13-6-5-7-15-14(13)8-9-16(15)12(3)4/h5-7,11-12H,8-10H2,1-4H3. The van der Waals surface area contributed by atoms with Gasteiger partial charge in [0.1, 0.15) is 0 Å². The van der Waals surface area contributed by atoms with E-state index in [0.717, 1.165) is 5.92 Å². The summed E-state index contributed by atoms with van der Waals surface area (Å²) < 4.78 is 0. The maximum Gasteiger partial charge on any atom is 0.0404 e. The van der Waals surface area contributed by atoms with Gasteiger partial charge >= 0.3 is 0 Å². The molecule has 0 amide bonds. The number of rotatable bonds is 3. The molecule has 0 aromatic heterocycles. The van der Waals surface area contributed by atoms with E-state index in [1.165, 1.54) is 25.1 Å². The van der Waals surface area contributed by atoms with Crippen molar-refractivity contribution in [2.75, 3.05) is 11.4 Å². The average molecular weight is 217 g/mol. The van der Waals surface area contributed by atoms with Crippen LogP contribution in [0.1, 0.15) is 38.8 Å². The lowest BCUT2D eigenvalue weighted by atomic mass is 9.96. The first-order chi connectivity index (χ1) is 7.59. The first-order valence-corrected chi connectivity index (χ1v) is 6.47. The molecule has 1 aromatic carbocycles. The third kappa shape index (κ3) is 2.09. The second-order valence-corrected chi connectivity index (χ2v) is 5.55. The van der Waals surface area contributed by atoms with Crippen molar-refractivity contribution in [2.24, 2.45) is 5.92 Å². The highest BCUT2D eigenvalue weighted by molar-refractivity contribution is 5.61. The molecule has 0 atom stereocenters. The Labute approximate surface area is 99.5 Å². The molecule has 0 radical (unpaired) electrons. The molecule has 2 rings (SSSR count). The first-order valence-electron chi connectivity index (χ1n) is 6.47. The number of benzene rings is 1. The number of hydrogen-bond acceptors (Lipinski definition) is 1. The van der Waals surface area contributed by atoms with Crippen molar-refractivity contribution in [1.29, 1.82) is 0 Å². The molecule has 1 nitrogen and oxygen atoms in total. The molecular weight excluding hydrogens is 194 g/mol. The Bertz CT molecular complexity index is 366. The Morgan fingerprint density at radius 2 is 1.94 bits per heavy atom. The van der Waals surface area contributed by atoms with Crippen molar-refractivity contribution in [3.05, 3.63) is 29.3 Å². The summed E-state index contributed by atoms with van der Waals surface area (Å²) in [5, 5.41) is 0. The van der Waals surface area contributed by atoms with Crippen molar-refractivity contribution in [2.45, 2.75) is 46.6 Å². The molecule has 1 aliphatic rings. The molecule has 1 heterocycles. The Hall–Kier alpha value is -0.980. The Balaban J connectivity index is 2.32. The van der Waals surface area contributed by atoms with E-state index < -0.39 is 0 Å². The van der Waals surface area contributed by atoms with Crippen LogP contribution >= 0.6 is 0 Å². The summed E-state index contributed by atoms with van der Waals surface area (Å²) in [6.45, 7) is 10.4. The average Bonchev–Trinajstić information content (AvgIpc) is 2.61. The van der Waals surface area contributed by atoms with Crippen LogP contribution in [-0.2, 0) is 12.8 Å². The van der Waals surface area contributed by atoms with E-state index in [1.807, 2.05) is 0 Å². The normalized spacial score (nSPS) is 15.0. The van der Waals surface area contributed by atoms with E-state index in [-0.39, 0.29) is 0 Å². The van der Waals surface area contributed by atoms with Crippen molar-refractivity contribution >= 4 is 5.69 Å². The van der Waals surface area contributed by atoms with Gasteiger partial charge in [0.2, 0.25) is 0 Å². The van der Waals surface area contributed by atoms with Crippen molar-refractivity contribution in [3.8, 4) is 0 Å². The van der Waals surface area contributed by atoms with Crippen LogP contribution in [0.15, 0.2) is 18.2 Å². The van der Waals surface area contributed by atoms with E-state index in [0.29, 0.717) is 6.04 Å². The van der Waals surface area contributed by atoms with Gasteiger partial charge in [-0.2, -0.15) is 0 Å². The number of anilines is 1. The highest BCUT2D eigenvalue weighted by Crippen LogP contribution is 2.32. The van der Waals surface area contributed by atoms with E-state index in [1.54, 1.807) is 11.1 Å². The van der Waals surface area contributed by atoms with Crippen LogP contribution in [0.4, 0.5) is 5.69 Å². The summed E-state index contributed by atoms with van der Waals surface area (Å²) in [4.78, 5) is 2.53. The van der Waals surface area contributed by atoms with E-state index in [4.69, 9.17) is 0 Å². The minimum absolute atomic E-state index is 0.621. The second kappa shape index (κ2) is 4.48. The topological polar surface area (TPSA) is 3.24 Å². The molecule has 0 saturated carbocycles. The van der Waals surface area contributed by atoms with Crippen molar-refractivity contribution in [1.82, 2.24) is 0 Å². The summed E-state index contributed by atoms with van der Waals surface area (Å²) in [7, 11) is 0. The van der Waals surface area contributed by atoms with Gasteiger partial charge < -0.3 is 4.90 Å². The number of fused-ring (bicyclic) bond motifs is 1. The lowest BCUT2D eigenvalue weighted by Crippen LogP contribution is -2.28. The molecular formula is C15H23N. The van der Waals surface area contributed by atoms with Gasteiger partial charge in [0, 0.05) is 18.3 Å². The minimum atomic E-state index is 0.621. The summed E-state index contributed by atoms with van der Waals surface area (Å²) in [6.07, 6.45) is 2.45. The third-order valence-electron chi connectivity index (χ3n) is 3.41. The zero-order valence-corrected chi connectivity index (χ0v) is 11.0. The molecule has 0 spiro atoms. The Kier molecular flexibility index (Phi) is 3.22. The molecule has 0 aliphatic carbocycles. The summed E-state index contributed by atoms with van der Waals surface area (Å²) in [5.74, 6) is 0.750. The first kappa shape index (κ1) is 11.5. The maximum absolute atomic E-state index is 2.53. The Morgan fingerprint density at radius 3 is 2.56 bits per heavy atom. The monoisotopic (exact) mass is 217 g/mol. The lowest BCUT2D eigenvalue weighted by Gasteiger charge is -2.24. The molecule has 0 saturated heterocycles. The lowest BCUT2D eigenvalue weighted by molar-refractivity contribution is 0.644. The third-order valence-corrected chi connectivity index (χ3v) is 3.41. The molecule has 0 N–H and O–H groups in total. The predicted octanol–water partition coefficient (Wildman–Crippen LogP) is 3.66. The fraction of sp³-hybridized carbons (Fsp3) is 0.600. The molecule has 16 heavy (non-hydrogen) atoms. The van der Waals surface area contributed by atoms with Crippen LogP contribution < -0.4 is 4.90 Å². The fourth-order valence-corrected chi connectivity index (χ4v) is 2.70. The van der Waals surface area contributed by atoms with Crippen LogP contribution in [0.25, 0.3) is 0 Å². The number of nitrogens with zero attached hydrogens (tertiary/aromatic N) is 1. The second-order valence-electron chi connectivity index (χ2n) is 5.55. The van der Waals surface area contributed by atoms with Crippen molar-refractivity contribution in [3.63, 3.8) is 0 Å². The predicted molar refractivity (Wildman–Crippen MR) is 71.2 cm³/mol. The summed E-state index contributed by atoms with van der Waals surface area (Å²) >= 11 is 0. The van der Waals surface area contributed by atoms with Gasteiger partial charge in [-0.25, -0.2) is 0 Å². The zero-order valence-electron chi connectivity index (χ0n) is 11.0. The molecule has 1 aliphatic heterocycles. The van der Waals surface area contributed by atoms with Crippen LogP contribution in [-0.4, -0.2) is 12.6 Å². The van der Waals surface area contributed by atoms with Gasteiger partial charge in [0.15, 0.2) is 0 Å². The van der Waals surface area contributed by atoms with Crippen molar-refractivity contribution < 1.29 is 0 Å². The quantitative estimate of drug-likeness (QED) is 0.747. The molecule has 1 heteroatoms. The van der Waals surface area contributed by atoms with Gasteiger partial charge in [-0.3, -0.25) is 0 Å². The number of hydrogen-bond donors (Lipinski definition) is 0. The molecule has 0 unspecified atom stereocenters. The summed E-state index contributed by atoms with van der Waals surface area (Å²) in [6, 6.07) is 7.43.